The average molecular weight is 411 g/mol. The Morgan fingerprint density at radius 2 is 1.80 bits per heavy atom. The van der Waals surface area contributed by atoms with Gasteiger partial charge in [0, 0.05) is 17.0 Å². The number of rotatable bonds is 5. The van der Waals surface area contributed by atoms with E-state index in [0.717, 1.165) is 29.7 Å². The average Bonchev–Trinajstić information content (AvgIpc) is 3.01. The molecular formula is C23H25NO6. The molecule has 0 radical (unpaired) electrons. The second-order valence-corrected chi connectivity index (χ2v) is 8.10. The number of carbonyl (C=O) groups excluding carboxylic acids is 3. The number of hydrogen-bond donors (Lipinski definition) is 0. The Morgan fingerprint density at radius 1 is 1.13 bits per heavy atom. The number of carbonyl (C=O) groups is 3. The van der Waals surface area contributed by atoms with Crippen molar-refractivity contribution < 1.29 is 23.5 Å². The Balaban J connectivity index is 1.50. The van der Waals surface area contributed by atoms with E-state index in [1.54, 1.807) is 6.07 Å². The van der Waals surface area contributed by atoms with Crippen molar-refractivity contribution in [2.45, 2.75) is 58.6 Å². The Labute approximate surface area is 174 Å². The van der Waals surface area contributed by atoms with E-state index < -0.39 is 17.6 Å². The fourth-order valence-corrected chi connectivity index (χ4v) is 4.56. The summed E-state index contributed by atoms with van der Waals surface area (Å²) in [7, 11) is 0. The molecule has 0 unspecified atom stereocenters. The first-order valence-corrected chi connectivity index (χ1v) is 10.5. The zero-order valence-corrected chi connectivity index (χ0v) is 17.2. The van der Waals surface area contributed by atoms with Gasteiger partial charge in [0.1, 0.15) is 18.2 Å². The van der Waals surface area contributed by atoms with Gasteiger partial charge in [0.25, 0.3) is 0 Å². The highest BCUT2D eigenvalue weighted by molar-refractivity contribution is 6.07. The zero-order chi connectivity index (χ0) is 21.4. The molecule has 2 heterocycles. The van der Waals surface area contributed by atoms with Crippen molar-refractivity contribution in [3.05, 3.63) is 45.8 Å². The molecule has 1 aliphatic heterocycles. The summed E-state index contributed by atoms with van der Waals surface area (Å²) < 4.78 is 10.7. The van der Waals surface area contributed by atoms with Crippen LogP contribution in [0.25, 0.3) is 11.0 Å². The van der Waals surface area contributed by atoms with Gasteiger partial charge in [0.05, 0.1) is 11.8 Å². The second kappa shape index (κ2) is 8.05. The molecular weight excluding hydrogens is 386 g/mol. The quantitative estimate of drug-likeness (QED) is 0.427. The summed E-state index contributed by atoms with van der Waals surface area (Å²) in [6.45, 7) is 3.38. The summed E-state index contributed by atoms with van der Waals surface area (Å²) >= 11 is 0. The van der Waals surface area contributed by atoms with Crippen LogP contribution < -0.4 is 5.63 Å². The fraction of sp³-hybridized carbons (Fsp3) is 0.478. The molecule has 2 aromatic rings. The van der Waals surface area contributed by atoms with E-state index in [4.69, 9.17) is 9.15 Å². The number of hydrogen-bond acceptors (Lipinski definition) is 6. The number of benzene rings is 1. The van der Waals surface area contributed by atoms with Gasteiger partial charge < -0.3 is 9.15 Å². The molecule has 1 saturated carbocycles. The minimum Gasteiger partial charge on any atom is -0.459 e. The lowest BCUT2D eigenvalue weighted by atomic mass is 9.81. The lowest BCUT2D eigenvalue weighted by Gasteiger charge is -2.21. The highest BCUT2D eigenvalue weighted by Crippen LogP contribution is 2.39. The Morgan fingerprint density at radius 3 is 2.43 bits per heavy atom. The molecule has 1 saturated heterocycles. The van der Waals surface area contributed by atoms with Gasteiger partial charge in [-0.15, -0.1) is 0 Å². The van der Waals surface area contributed by atoms with Gasteiger partial charge in [-0.05, 0) is 37.8 Å². The Kier molecular flexibility index (Phi) is 5.45. The lowest BCUT2D eigenvalue weighted by Crippen LogP contribution is -2.44. The molecule has 158 valence electrons. The SMILES string of the molecule is CCc1ccc2c(COC(=O)[C@H](C)N3C(=O)[C@@H]4CCCC[C@H]4C3=O)cc(=O)oc2c1. The molecule has 1 aromatic carbocycles. The number of likely N-dealkylation sites (tertiary alicyclic amines) is 1. The van der Waals surface area contributed by atoms with E-state index in [1.165, 1.54) is 13.0 Å². The molecule has 0 spiro atoms. The van der Waals surface area contributed by atoms with Gasteiger partial charge in [-0.2, -0.15) is 0 Å². The molecule has 0 N–H and O–H groups in total. The van der Waals surface area contributed by atoms with Crippen LogP contribution in [0.4, 0.5) is 0 Å². The van der Waals surface area contributed by atoms with Gasteiger partial charge in [-0.3, -0.25) is 14.5 Å². The van der Waals surface area contributed by atoms with E-state index in [1.807, 2.05) is 19.1 Å². The molecule has 2 amide bonds. The third-order valence-corrected chi connectivity index (χ3v) is 6.28. The fourth-order valence-electron chi connectivity index (χ4n) is 4.56. The number of nitrogens with zero attached hydrogens (tertiary/aromatic N) is 1. The van der Waals surface area contributed by atoms with Gasteiger partial charge in [-0.1, -0.05) is 31.9 Å². The molecule has 0 bridgehead atoms. The van der Waals surface area contributed by atoms with E-state index in [2.05, 4.69) is 0 Å². The first-order chi connectivity index (χ1) is 14.4. The number of imide groups is 1. The lowest BCUT2D eigenvalue weighted by molar-refractivity contribution is -0.159. The molecule has 2 aliphatic rings. The van der Waals surface area contributed by atoms with Crippen LogP contribution in [0, 0.1) is 11.8 Å². The van der Waals surface area contributed by atoms with E-state index in [9.17, 15) is 19.2 Å². The molecule has 4 rings (SSSR count). The standard InChI is InChI=1S/C23H25NO6/c1-3-14-8-9-16-15(11-20(25)30-19(16)10-14)12-29-23(28)13(2)24-21(26)17-6-4-5-7-18(17)22(24)27/h8-11,13,17-18H,3-7,12H2,1-2H3/t13-,17+,18+/m0/s1. The molecule has 1 aromatic heterocycles. The van der Waals surface area contributed by atoms with Crippen molar-refractivity contribution in [2.24, 2.45) is 11.8 Å². The van der Waals surface area contributed by atoms with E-state index >= 15 is 0 Å². The highest BCUT2D eigenvalue weighted by Gasteiger charge is 2.51. The number of esters is 1. The first-order valence-electron chi connectivity index (χ1n) is 10.5. The normalized spacial score (nSPS) is 22.3. The Hall–Kier alpha value is -2.96. The van der Waals surface area contributed by atoms with Crippen LogP contribution in [0.15, 0.2) is 33.5 Å². The van der Waals surface area contributed by atoms with Crippen LogP contribution in [0.3, 0.4) is 0 Å². The van der Waals surface area contributed by atoms with Crippen molar-refractivity contribution in [3.63, 3.8) is 0 Å². The second-order valence-electron chi connectivity index (χ2n) is 8.10. The van der Waals surface area contributed by atoms with Crippen LogP contribution in [0.2, 0.25) is 0 Å². The largest absolute Gasteiger partial charge is 0.459 e. The van der Waals surface area contributed by atoms with E-state index in [-0.39, 0.29) is 30.3 Å². The van der Waals surface area contributed by atoms with Gasteiger partial charge in [0.15, 0.2) is 0 Å². The van der Waals surface area contributed by atoms with Crippen molar-refractivity contribution in [1.29, 1.82) is 0 Å². The molecule has 30 heavy (non-hydrogen) atoms. The maximum absolute atomic E-state index is 12.7. The van der Waals surface area contributed by atoms with Crippen LogP contribution in [-0.2, 0) is 32.1 Å². The van der Waals surface area contributed by atoms with Crippen LogP contribution in [0.5, 0.6) is 0 Å². The van der Waals surface area contributed by atoms with Gasteiger partial charge in [0.2, 0.25) is 11.8 Å². The highest BCUT2D eigenvalue weighted by atomic mass is 16.5. The summed E-state index contributed by atoms with van der Waals surface area (Å²) in [6, 6.07) is 5.87. The van der Waals surface area contributed by atoms with Crippen LogP contribution in [0.1, 0.15) is 50.7 Å². The van der Waals surface area contributed by atoms with Gasteiger partial charge in [-0.25, -0.2) is 9.59 Å². The minimum absolute atomic E-state index is 0.139. The summed E-state index contributed by atoms with van der Waals surface area (Å²) in [5.41, 5.74) is 1.47. The number of amides is 2. The monoisotopic (exact) mass is 411 g/mol. The maximum Gasteiger partial charge on any atom is 0.336 e. The number of fused-ring (bicyclic) bond motifs is 2. The first kappa shape index (κ1) is 20.3. The topological polar surface area (TPSA) is 93.9 Å². The predicted molar refractivity (Wildman–Crippen MR) is 108 cm³/mol. The smallest absolute Gasteiger partial charge is 0.336 e. The summed E-state index contributed by atoms with van der Waals surface area (Å²) in [5, 5.41) is 0.687. The van der Waals surface area contributed by atoms with Crippen molar-refractivity contribution >= 4 is 28.8 Å². The zero-order valence-electron chi connectivity index (χ0n) is 17.2. The molecule has 7 nitrogen and oxygen atoms in total. The minimum atomic E-state index is -0.992. The van der Waals surface area contributed by atoms with Crippen molar-refractivity contribution in [3.8, 4) is 0 Å². The summed E-state index contributed by atoms with van der Waals surface area (Å²) in [6.07, 6.45) is 4.04. The summed E-state index contributed by atoms with van der Waals surface area (Å²) in [4.78, 5) is 51.0. The summed E-state index contributed by atoms with van der Waals surface area (Å²) in [5.74, 6) is -1.82. The number of ether oxygens (including phenoxy) is 1. The van der Waals surface area contributed by atoms with Crippen LogP contribution in [-0.4, -0.2) is 28.7 Å². The molecule has 1 aliphatic carbocycles. The van der Waals surface area contributed by atoms with Gasteiger partial charge >= 0.3 is 11.6 Å². The molecule has 3 atom stereocenters. The van der Waals surface area contributed by atoms with Crippen molar-refractivity contribution in [2.75, 3.05) is 0 Å². The maximum atomic E-state index is 12.7. The third kappa shape index (κ3) is 3.53. The predicted octanol–water partition coefficient (Wildman–Crippen LogP) is 2.96. The van der Waals surface area contributed by atoms with Crippen LogP contribution >= 0.6 is 0 Å². The van der Waals surface area contributed by atoms with E-state index in [0.29, 0.717) is 29.4 Å². The molecule has 7 heteroatoms. The molecule has 2 fully saturated rings. The number of aryl methyl sites for hydroxylation is 1. The van der Waals surface area contributed by atoms with Crippen molar-refractivity contribution in [1.82, 2.24) is 4.90 Å². The third-order valence-electron chi connectivity index (χ3n) is 6.28. The Bertz CT molecular complexity index is 1050.